The van der Waals surface area contributed by atoms with Gasteiger partial charge in [-0.1, -0.05) is 48.5 Å². The second-order valence-corrected chi connectivity index (χ2v) is 8.33. The zero-order chi connectivity index (χ0) is 22.0. The van der Waals surface area contributed by atoms with Crippen LogP contribution in [0.15, 0.2) is 97.3 Å². The molecule has 7 heteroatoms. The maximum Gasteiger partial charge on any atom is 0.182 e. The Balaban J connectivity index is 1.43. The van der Waals surface area contributed by atoms with Gasteiger partial charge in [-0.15, -0.1) is 11.3 Å². The number of benzene rings is 2. The number of para-hydroxylation sites is 1. The first kappa shape index (κ1) is 19.3. The van der Waals surface area contributed by atoms with Crippen molar-refractivity contribution in [1.29, 1.82) is 0 Å². The van der Waals surface area contributed by atoms with Crippen molar-refractivity contribution in [2.24, 2.45) is 0 Å². The molecule has 0 aliphatic heterocycles. The van der Waals surface area contributed by atoms with E-state index < -0.39 is 0 Å². The quantitative estimate of drug-likeness (QED) is 0.335. The van der Waals surface area contributed by atoms with E-state index in [1.807, 2.05) is 66.7 Å². The molecule has 0 spiro atoms. The molecule has 156 valence electrons. The van der Waals surface area contributed by atoms with Crippen molar-refractivity contribution in [2.75, 3.05) is 0 Å². The molecule has 0 bridgehead atoms. The van der Waals surface area contributed by atoms with Crippen LogP contribution >= 0.6 is 11.3 Å². The Morgan fingerprint density at radius 1 is 0.485 bits per heavy atom. The van der Waals surface area contributed by atoms with Gasteiger partial charge in [-0.25, -0.2) is 19.9 Å². The number of hydrogen-bond acceptors (Lipinski definition) is 7. The van der Waals surface area contributed by atoms with Gasteiger partial charge < -0.3 is 0 Å². The fourth-order valence-electron chi connectivity index (χ4n) is 3.48. The highest BCUT2D eigenvalue weighted by Gasteiger charge is 2.14. The van der Waals surface area contributed by atoms with Crippen molar-refractivity contribution in [3.8, 4) is 45.0 Å². The zero-order valence-electron chi connectivity index (χ0n) is 17.3. The van der Waals surface area contributed by atoms with Crippen LogP contribution in [-0.4, -0.2) is 29.9 Å². The number of rotatable bonds is 4. The van der Waals surface area contributed by atoms with E-state index in [0.717, 1.165) is 21.7 Å². The number of fused-ring (bicyclic) bond motifs is 1. The van der Waals surface area contributed by atoms with Crippen LogP contribution in [0.4, 0.5) is 0 Å². The van der Waals surface area contributed by atoms with Crippen molar-refractivity contribution in [2.45, 2.75) is 0 Å². The lowest BCUT2D eigenvalue weighted by Gasteiger charge is -2.07. The van der Waals surface area contributed by atoms with E-state index in [2.05, 4.69) is 33.2 Å². The minimum atomic E-state index is 0.511. The smallest absolute Gasteiger partial charge is 0.182 e. The molecule has 0 amide bonds. The fourth-order valence-corrected chi connectivity index (χ4v) is 4.45. The molecule has 0 saturated heterocycles. The number of nitrogens with zero attached hydrogens (tertiary/aromatic N) is 6. The highest BCUT2D eigenvalue weighted by atomic mass is 32.1. The minimum absolute atomic E-state index is 0.511. The van der Waals surface area contributed by atoms with Gasteiger partial charge >= 0.3 is 0 Å². The lowest BCUT2D eigenvalue weighted by atomic mass is 10.1. The molecule has 2 aromatic carbocycles. The number of thiazole rings is 1. The second-order valence-electron chi connectivity index (χ2n) is 7.30. The Hall–Kier alpha value is -4.36. The van der Waals surface area contributed by atoms with Crippen LogP contribution in [0.5, 0.6) is 0 Å². The summed E-state index contributed by atoms with van der Waals surface area (Å²) in [5.74, 6) is 1.59. The van der Waals surface area contributed by atoms with Crippen LogP contribution in [0.2, 0.25) is 0 Å². The Labute approximate surface area is 193 Å². The van der Waals surface area contributed by atoms with Gasteiger partial charge in [-0.05, 0) is 36.4 Å². The first-order chi connectivity index (χ1) is 16.3. The zero-order valence-corrected chi connectivity index (χ0v) is 18.1. The van der Waals surface area contributed by atoms with Gasteiger partial charge in [0.1, 0.15) is 16.4 Å². The van der Waals surface area contributed by atoms with Gasteiger partial charge in [0.2, 0.25) is 0 Å². The molecular formula is C26H16N6S. The summed E-state index contributed by atoms with van der Waals surface area (Å²) in [6, 6.07) is 27.6. The molecule has 33 heavy (non-hydrogen) atoms. The van der Waals surface area contributed by atoms with E-state index >= 15 is 0 Å². The fraction of sp³-hybridized carbons (Fsp3) is 0. The maximum absolute atomic E-state index is 4.75. The average molecular weight is 445 g/mol. The molecule has 6 rings (SSSR count). The SMILES string of the molecule is c1ccc(-c2nc(-c3ccc(-c4nc5ccccc5s4)cc3)nc(-c3ccccn3)n2)nc1. The van der Waals surface area contributed by atoms with Crippen molar-refractivity contribution in [3.63, 3.8) is 0 Å². The Morgan fingerprint density at radius 2 is 1.06 bits per heavy atom. The van der Waals surface area contributed by atoms with Crippen molar-refractivity contribution >= 4 is 21.6 Å². The summed E-state index contributed by atoms with van der Waals surface area (Å²) in [4.78, 5) is 27.6. The summed E-state index contributed by atoms with van der Waals surface area (Å²) in [5.41, 5.74) is 4.33. The van der Waals surface area contributed by atoms with Gasteiger partial charge in [-0.3, -0.25) is 9.97 Å². The third-order valence-corrected chi connectivity index (χ3v) is 6.19. The van der Waals surface area contributed by atoms with Crippen molar-refractivity contribution in [1.82, 2.24) is 29.9 Å². The van der Waals surface area contributed by atoms with Crippen LogP contribution in [0.25, 0.3) is 55.2 Å². The first-order valence-electron chi connectivity index (χ1n) is 10.4. The van der Waals surface area contributed by atoms with Gasteiger partial charge in [-0.2, -0.15) is 0 Å². The van der Waals surface area contributed by atoms with Crippen LogP contribution < -0.4 is 0 Å². The molecule has 0 atom stereocenters. The molecule has 4 heterocycles. The van der Waals surface area contributed by atoms with Crippen molar-refractivity contribution in [3.05, 3.63) is 97.3 Å². The van der Waals surface area contributed by atoms with Crippen LogP contribution in [0, 0.1) is 0 Å². The molecule has 0 fully saturated rings. The molecule has 6 nitrogen and oxygen atoms in total. The molecule has 0 radical (unpaired) electrons. The largest absolute Gasteiger partial charge is 0.253 e. The highest BCUT2D eigenvalue weighted by Crippen LogP contribution is 2.31. The highest BCUT2D eigenvalue weighted by molar-refractivity contribution is 7.21. The van der Waals surface area contributed by atoms with E-state index in [-0.39, 0.29) is 0 Å². The van der Waals surface area contributed by atoms with Gasteiger partial charge in [0.25, 0.3) is 0 Å². The van der Waals surface area contributed by atoms with E-state index in [1.165, 1.54) is 4.70 Å². The predicted molar refractivity (Wildman–Crippen MR) is 130 cm³/mol. The monoisotopic (exact) mass is 444 g/mol. The van der Waals surface area contributed by atoms with Gasteiger partial charge in [0, 0.05) is 23.5 Å². The second kappa shape index (κ2) is 8.29. The minimum Gasteiger partial charge on any atom is -0.253 e. The Bertz CT molecular complexity index is 1460. The summed E-state index contributed by atoms with van der Waals surface area (Å²) in [6.45, 7) is 0. The van der Waals surface area contributed by atoms with E-state index in [4.69, 9.17) is 15.0 Å². The molecule has 0 aliphatic carbocycles. The number of hydrogen-bond donors (Lipinski definition) is 0. The molecule has 0 N–H and O–H groups in total. The van der Waals surface area contributed by atoms with E-state index in [1.54, 1.807) is 23.7 Å². The third kappa shape index (κ3) is 3.86. The Morgan fingerprint density at radius 3 is 1.67 bits per heavy atom. The summed E-state index contributed by atoms with van der Waals surface area (Å²) < 4.78 is 1.18. The molecule has 0 saturated carbocycles. The summed E-state index contributed by atoms with van der Waals surface area (Å²) >= 11 is 1.68. The van der Waals surface area contributed by atoms with E-state index in [0.29, 0.717) is 28.9 Å². The third-order valence-electron chi connectivity index (χ3n) is 5.11. The van der Waals surface area contributed by atoms with E-state index in [9.17, 15) is 0 Å². The molecule has 4 aromatic heterocycles. The Kier molecular flexibility index (Phi) is 4.86. The summed E-state index contributed by atoms with van der Waals surface area (Å²) in [7, 11) is 0. The molecule has 6 aromatic rings. The molecule has 0 aliphatic rings. The van der Waals surface area contributed by atoms with Gasteiger partial charge in [0.05, 0.1) is 10.2 Å². The van der Waals surface area contributed by atoms with Crippen LogP contribution in [0.3, 0.4) is 0 Å². The molecule has 0 unspecified atom stereocenters. The standard InChI is InChI=1S/C26H16N6S/c1-2-10-22-19(7-1)29-26(33-22)18-13-11-17(12-14-18)23-30-24(20-8-3-5-15-27-20)32-25(31-23)21-9-4-6-16-28-21/h1-16H. The number of aromatic nitrogens is 6. The van der Waals surface area contributed by atoms with Crippen molar-refractivity contribution < 1.29 is 0 Å². The average Bonchev–Trinajstić information content (AvgIpc) is 3.34. The maximum atomic E-state index is 4.75. The lowest BCUT2D eigenvalue weighted by Crippen LogP contribution is -2.01. The summed E-state index contributed by atoms with van der Waals surface area (Å²) in [5, 5.41) is 0.988. The summed E-state index contributed by atoms with van der Waals surface area (Å²) in [6.07, 6.45) is 3.46. The topological polar surface area (TPSA) is 77.3 Å². The normalized spacial score (nSPS) is 11.0. The van der Waals surface area contributed by atoms with Crippen LogP contribution in [0.1, 0.15) is 0 Å². The lowest BCUT2D eigenvalue weighted by molar-refractivity contribution is 1.05. The number of pyridine rings is 2. The van der Waals surface area contributed by atoms with Crippen LogP contribution in [-0.2, 0) is 0 Å². The predicted octanol–water partition coefficient (Wildman–Crippen LogP) is 5.94. The first-order valence-corrected chi connectivity index (χ1v) is 11.2. The molecular weight excluding hydrogens is 428 g/mol. The van der Waals surface area contributed by atoms with Gasteiger partial charge in [0.15, 0.2) is 17.5 Å².